The maximum Gasteiger partial charge on any atom is 0.165 e. The molecule has 0 radical (unpaired) electrons. The van der Waals surface area contributed by atoms with Gasteiger partial charge in [-0.1, -0.05) is 41.9 Å². The van der Waals surface area contributed by atoms with Crippen molar-refractivity contribution in [3.63, 3.8) is 0 Å². The highest BCUT2D eigenvalue weighted by molar-refractivity contribution is 6.33. The Hall–Kier alpha value is -3.05. The van der Waals surface area contributed by atoms with Gasteiger partial charge in [-0.25, -0.2) is 4.98 Å². The first-order chi connectivity index (χ1) is 16.2. The normalized spacial score (nSPS) is 15.1. The van der Waals surface area contributed by atoms with Gasteiger partial charge in [-0.2, -0.15) is 9.61 Å². The molecule has 0 N–H and O–H groups in total. The van der Waals surface area contributed by atoms with Gasteiger partial charge in [-0.05, 0) is 61.8 Å². The Kier molecular flexibility index (Phi) is 5.22. The van der Waals surface area contributed by atoms with E-state index in [2.05, 4.69) is 39.7 Å². The van der Waals surface area contributed by atoms with E-state index in [1.807, 2.05) is 24.4 Å². The topological polar surface area (TPSA) is 42.7 Å². The van der Waals surface area contributed by atoms with E-state index < -0.39 is 0 Å². The minimum atomic E-state index is 0.646. The number of nitrogens with zero attached hydrogens (tertiary/aromatic N) is 4. The molecule has 2 aromatic heterocycles. The van der Waals surface area contributed by atoms with Crippen molar-refractivity contribution < 1.29 is 4.74 Å². The van der Waals surface area contributed by atoms with Crippen molar-refractivity contribution in [1.82, 2.24) is 14.6 Å². The summed E-state index contributed by atoms with van der Waals surface area (Å²) in [5, 5.41) is 5.51. The van der Waals surface area contributed by atoms with E-state index in [4.69, 9.17) is 26.4 Å². The summed E-state index contributed by atoms with van der Waals surface area (Å²) in [5.74, 6) is 2.72. The highest BCUT2D eigenvalue weighted by Crippen LogP contribution is 2.39. The van der Waals surface area contributed by atoms with E-state index >= 15 is 0 Å². The van der Waals surface area contributed by atoms with Crippen LogP contribution >= 0.6 is 11.6 Å². The number of methoxy groups -OCH3 is 1. The number of benzene rings is 2. The molecule has 168 valence electrons. The summed E-state index contributed by atoms with van der Waals surface area (Å²) in [6.45, 7) is 1.93. The maximum atomic E-state index is 6.65. The van der Waals surface area contributed by atoms with Gasteiger partial charge < -0.3 is 9.64 Å². The van der Waals surface area contributed by atoms with E-state index in [-0.39, 0.29) is 0 Å². The van der Waals surface area contributed by atoms with Crippen LogP contribution in [0, 0.1) is 5.92 Å². The monoisotopic (exact) mass is 458 g/mol. The van der Waals surface area contributed by atoms with Gasteiger partial charge in [0.1, 0.15) is 11.6 Å². The molecule has 1 fully saturated rings. The van der Waals surface area contributed by atoms with Crippen molar-refractivity contribution in [3.8, 4) is 16.9 Å². The van der Waals surface area contributed by atoms with Crippen molar-refractivity contribution in [3.05, 3.63) is 76.6 Å². The second-order valence-electron chi connectivity index (χ2n) is 9.16. The molecule has 2 aliphatic carbocycles. The Balaban J connectivity index is 1.51. The molecule has 0 aliphatic heterocycles. The summed E-state index contributed by atoms with van der Waals surface area (Å²) < 4.78 is 7.40. The largest absolute Gasteiger partial charge is 0.497 e. The Labute approximate surface area is 199 Å². The molecule has 0 amide bonds. The summed E-state index contributed by atoms with van der Waals surface area (Å²) in [5.41, 5.74) is 6.66. The summed E-state index contributed by atoms with van der Waals surface area (Å²) in [7, 11) is 1.65. The zero-order valence-electron chi connectivity index (χ0n) is 18.8. The fourth-order valence-corrected chi connectivity index (χ4v) is 5.22. The molecule has 5 nitrogen and oxygen atoms in total. The Morgan fingerprint density at radius 2 is 1.94 bits per heavy atom. The fraction of sp³-hybridized carbons (Fsp3) is 0.333. The van der Waals surface area contributed by atoms with Crippen LogP contribution in [-0.2, 0) is 19.4 Å². The third-order valence-electron chi connectivity index (χ3n) is 6.80. The van der Waals surface area contributed by atoms with Gasteiger partial charge in [0.25, 0.3) is 0 Å². The lowest BCUT2D eigenvalue weighted by atomic mass is 10.1. The van der Waals surface area contributed by atoms with Crippen LogP contribution in [0.5, 0.6) is 5.75 Å². The molecule has 6 rings (SSSR count). The number of aryl methyl sites for hydroxylation is 1. The quantitative estimate of drug-likeness (QED) is 0.342. The molecule has 6 heteroatoms. The van der Waals surface area contributed by atoms with Crippen LogP contribution < -0.4 is 9.64 Å². The van der Waals surface area contributed by atoms with Gasteiger partial charge >= 0.3 is 0 Å². The molecule has 2 heterocycles. The standard InChI is InChI=1S/C27H27ClN4O/c1-33-20-12-13-21(24(28)14-20)23-15-29-32-26(23)30-25-9-5-8-22(25)27(32)31(17-19-10-11-19)16-18-6-3-2-4-7-18/h2-4,6-7,12-15,19H,5,8-11,16-17H2,1H3. The van der Waals surface area contributed by atoms with Crippen molar-refractivity contribution >= 4 is 23.1 Å². The van der Waals surface area contributed by atoms with Gasteiger partial charge in [-0.15, -0.1) is 0 Å². The zero-order chi connectivity index (χ0) is 22.4. The summed E-state index contributed by atoms with van der Waals surface area (Å²) >= 11 is 6.65. The van der Waals surface area contributed by atoms with Crippen LogP contribution in [0.2, 0.25) is 5.02 Å². The van der Waals surface area contributed by atoms with Crippen molar-refractivity contribution in [1.29, 1.82) is 0 Å². The highest BCUT2D eigenvalue weighted by atomic mass is 35.5. The van der Waals surface area contributed by atoms with Crippen LogP contribution in [0.4, 0.5) is 5.82 Å². The minimum Gasteiger partial charge on any atom is -0.497 e. The molecular weight excluding hydrogens is 432 g/mol. The number of rotatable bonds is 7. The molecule has 0 atom stereocenters. The lowest BCUT2D eigenvalue weighted by Gasteiger charge is -2.27. The average molecular weight is 459 g/mol. The minimum absolute atomic E-state index is 0.646. The second kappa shape index (κ2) is 8.38. The number of hydrogen-bond donors (Lipinski definition) is 0. The number of anilines is 1. The van der Waals surface area contributed by atoms with E-state index in [1.165, 1.54) is 35.5 Å². The number of fused-ring (bicyclic) bond motifs is 2. The SMILES string of the molecule is COc1ccc(-c2cnn3c(N(Cc4ccccc4)CC4CC4)c4c(nc23)CCC4)c(Cl)c1. The van der Waals surface area contributed by atoms with Crippen LogP contribution in [0.25, 0.3) is 16.8 Å². The first-order valence-corrected chi connectivity index (χ1v) is 12.1. The Bertz CT molecular complexity index is 1310. The van der Waals surface area contributed by atoms with E-state index in [0.29, 0.717) is 5.02 Å². The van der Waals surface area contributed by atoms with E-state index in [0.717, 1.165) is 60.8 Å². The van der Waals surface area contributed by atoms with E-state index in [9.17, 15) is 0 Å². The molecule has 33 heavy (non-hydrogen) atoms. The Morgan fingerprint density at radius 3 is 2.70 bits per heavy atom. The van der Waals surface area contributed by atoms with Gasteiger partial charge in [0, 0.05) is 35.5 Å². The molecule has 1 saturated carbocycles. The predicted molar refractivity (Wildman–Crippen MR) is 132 cm³/mol. The van der Waals surface area contributed by atoms with Crippen LogP contribution in [0.15, 0.2) is 54.7 Å². The lowest BCUT2D eigenvalue weighted by molar-refractivity contribution is 0.415. The fourth-order valence-electron chi connectivity index (χ4n) is 4.95. The Morgan fingerprint density at radius 1 is 1.09 bits per heavy atom. The van der Waals surface area contributed by atoms with Crippen LogP contribution in [0.1, 0.15) is 36.1 Å². The van der Waals surface area contributed by atoms with Crippen LogP contribution in [0.3, 0.4) is 0 Å². The number of hydrogen-bond acceptors (Lipinski definition) is 4. The third-order valence-corrected chi connectivity index (χ3v) is 7.11. The molecule has 2 aromatic carbocycles. The first-order valence-electron chi connectivity index (χ1n) is 11.7. The number of halogens is 1. The van der Waals surface area contributed by atoms with Crippen LogP contribution in [-0.4, -0.2) is 28.3 Å². The van der Waals surface area contributed by atoms with E-state index in [1.54, 1.807) is 7.11 Å². The molecule has 0 saturated heterocycles. The van der Waals surface area contributed by atoms with Gasteiger partial charge in [0.05, 0.1) is 18.3 Å². The molecule has 0 unspecified atom stereocenters. The average Bonchev–Trinajstić information content (AvgIpc) is 3.36. The van der Waals surface area contributed by atoms with Crippen molar-refractivity contribution in [2.75, 3.05) is 18.6 Å². The highest BCUT2D eigenvalue weighted by Gasteiger charge is 2.30. The van der Waals surface area contributed by atoms with Gasteiger partial charge in [0.2, 0.25) is 0 Å². The van der Waals surface area contributed by atoms with Crippen molar-refractivity contribution in [2.45, 2.75) is 38.6 Å². The maximum absolute atomic E-state index is 6.65. The summed E-state index contributed by atoms with van der Waals surface area (Å²) in [4.78, 5) is 7.64. The third kappa shape index (κ3) is 3.84. The molecule has 0 bridgehead atoms. The molecule has 2 aliphatic rings. The molecule has 4 aromatic rings. The molecule has 0 spiro atoms. The smallest absolute Gasteiger partial charge is 0.165 e. The summed E-state index contributed by atoms with van der Waals surface area (Å²) in [6, 6.07) is 16.5. The number of aromatic nitrogens is 3. The number of ether oxygens (including phenoxy) is 1. The van der Waals surface area contributed by atoms with Gasteiger partial charge in [0.15, 0.2) is 5.65 Å². The second-order valence-corrected chi connectivity index (χ2v) is 9.57. The van der Waals surface area contributed by atoms with Crippen molar-refractivity contribution in [2.24, 2.45) is 5.92 Å². The first kappa shape index (κ1) is 20.5. The predicted octanol–water partition coefficient (Wildman–Crippen LogP) is 5.96. The molecular formula is C27H27ClN4O. The lowest BCUT2D eigenvalue weighted by Crippen LogP contribution is -2.29. The summed E-state index contributed by atoms with van der Waals surface area (Å²) in [6.07, 6.45) is 7.75. The zero-order valence-corrected chi connectivity index (χ0v) is 19.6. The van der Waals surface area contributed by atoms with Gasteiger partial charge in [-0.3, -0.25) is 0 Å².